The van der Waals surface area contributed by atoms with E-state index >= 15 is 0 Å². The molecule has 2 spiro atoms. The van der Waals surface area contributed by atoms with Gasteiger partial charge in [-0.05, 0) is 65.6 Å². The van der Waals surface area contributed by atoms with Crippen molar-refractivity contribution in [3.63, 3.8) is 0 Å². The summed E-state index contributed by atoms with van der Waals surface area (Å²) in [7, 11) is 0. The number of carbonyl (C=O) groups is 1. The van der Waals surface area contributed by atoms with Crippen LogP contribution in [0.15, 0.2) is 54.6 Å². The van der Waals surface area contributed by atoms with Crippen molar-refractivity contribution in [1.82, 2.24) is 4.98 Å². The Morgan fingerprint density at radius 2 is 1.25 bits per heavy atom. The van der Waals surface area contributed by atoms with Crippen LogP contribution < -0.4 is 0 Å². The highest BCUT2D eigenvalue weighted by Gasteiger charge is 2.60. The van der Waals surface area contributed by atoms with Gasteiger partial charge in [0.05, 0.1) is 22.0 Å². The fourth-order valence-corrected chi connectivity index (χ4v) is 7.34. The van der Waals surface area contributed by atoms with E-state index in [1.165, 1.54) is 58.2 Å². The molecule has 2 nitrogen and oxygen atoms in total. The summed E-state index contributed by atoms with van der Waals surface area (Å²) in [5.41, 5.74) is 2.91. The summed E-state index contributed by atoms with van der Waals surface area (Å²) in [6.45, 7) is 0. The van der Waals surface area contributed by atoms with Crippen molar-refractivity contribution in [1.29, 1.82) is 0 Å². The third-order valence-electron chi connectivity index (χ3n) is 8.92. The lowest BCUT2D eigenvalue weighted by molar-refractivity contribution is -0.131. The molecule has 2 heteroatoms. The number of nitrogens with zero attached hydrogens (tertiary/aromatic N) is 1. The molecule has 0 saturated heterocycles. The van der Waals surface area contributed by atoms with Crippen molar-refractivity contribution in [2.45, 2.75) is 75.0 Å². The van der Waals surface area contributed by atoms with Gasteiger partial charge in [-0.2, -0.15) is 0 Å². The van der Waals surface area contributed by atoms with Crippen molar-refractivity contribution >= 4 is 38.2 Å². The zero-order valence-electron chi connectivity index (χ0n) is 18.6. The number of ketones is 1. The first-order valence-electron chi connectivity index (χ1n) is 12.5. The normalized spacial score (nSPS) is 21.7. The van der Waals surface area contributed by atoms with Crippen molar-refractivity contribution < 1.29 is 4.79 Å². The van der Waals surface area contributed by atoms with E-state index in [9.17, 15) is 4.79 Å². The summed E-state index contributed by atoms with van der Waals surface area (Å²) >= 11 is 0. The Labute approximate surface area is 189 Å². The molecular weight excluding hydrogens is 390 g/mol. The molecule has 0 radical (unpaired) electrons. The van der Waals surface area contributed by atoms with Crippen LogP contribution in [-0.4, -0.2) is 10.8 Å². The van der Waals surface area contributed by atoms with Crippen molar-refractivity contribution in [2.75, 3.05) is 0 Å². The van der Waals surface area contributed by atoms with Crippen LogP contribution in [0.1, 0.15) is 75.5 Å². The number of fused-ring (bicyclic) bond motifs is 7. The molecule has 3 aliphatic rings. The van der Waals surface area contributed by atoms with E-state index in [2.05, 4.69) is 54.6 Å². The quantitative estimate of drug-likeness (QED) is 0.218. The minimum atomic E-state index is -0.335. The molecule has 160 valence electrons. The summed E-state index contributed by atoms with van der Waals surface area (Å²) in [5.74, 6) is 0.525. The minimum Gasteiger partial charge on any atom is -0.298 e. The molecule has 0 bridgehead atoms. The number of hydrogen-bond donors (Lipinski definition) is 0. The van der Waals surface area contributed by atoms with Gasteiger partial charge in [-0.25, -0.2) is 0 Å². The van der Waals surface area contributed by atoms with Crippen molar-refractivity contribution in [3.8, 4) is 0 Å². The molecule has 1 heterocycles. The number of carbonyl (C=O) groups excluding carboxylic acids is 1. The van der Waals surface area contributed by atoms with Gasteiger partial charge in [0.25, 0.3) is 0 Å². The summed E-state index contributed by atoms with van der Waals surface area (Å²) < 4.78 is 0. The van der Waals surface area contributed by atoms with Gasteiger partial charge in [0.15, 0.2) is 5.78 Å². The predicted octanol–water partition coefficient (Wildman–Crippen LogP) is 7.53. The van der Waals surface area contributed by atoms with E-state index in [4.69, 9.17) is 4.98 Å². The number of rotatable bonds is 0. The van der Waals surface area contributed by atoms with Crippen LogP contribution in [0.4, 0.5) is 0 Å². The van der Waals surface area contributed by atoms with Crippen LogP contribution in [0.5, 0.6) is 0 Å². The van der Waals surface area contributed by atoms with Crippen LogP contribution in [0.25, 0.3) is 32.4 Å². The number of pyridine rings is 1. The summed E-state index contributed by atoms with van der Waals surface area (Å²) in [6.07, 6.45) is 11.2. The molecular formula is C30H29NO. The summed E-state index contributed by atoms with van der Waals surface area (Å²) in [5, 5.41) is 6.16. The second-order valence-electron chi connectivity index (χ2n) is 10.6. The Balaban J connectivity index is 1.56. The second kappa shape index (κ2) is 6.63. The third kappa shape index (κ3) is 2.36. The molecule has 2 saturated carbocycles. The second-order valence-corrected chi connectivity index (χ2v) is 10.6. The summed E-state index contributed by atoms with van der Waals surface area (Å²) in [6, 6.07) is 20.0. The van der Waals surface area contributed by atoms with E-state index in [0.29, 0.717) is 5.78 Å². The van der Waals surface area contributed by atoms with Crippen LogP contribution in [-0.2, 0) is 15.6 Å². The molecule has 0 amide bonds. The van der Waals surface area contributed by atoms with E-state index in [1.54, 1.807) is 0 Å². The average Bonchev–Trinajstić information content (AvgIpc) is 3.02. The Hall–Kier alpha value is -2.74. The van der Waals surface area contributed by atoms with Gasteiger partial charge in [0.1, 0.15) is 0 Å². The highest BCUT2D eigenvalue weighted by Crippen LogP contribution is 2.58. The van der Waals surface area contributed by atoms with Gasteiger partial charge in [-0.15, -0.1) is 0 Å². The maximum atomic E-state index is 14.3. The molecule has 3 aliphatic carbocycles. The van der Waals surface area contributed by atoms with E-state index < -0.39 is 0 Å². The molecule has 0 aliphatic heterocycles. The molecule has 0 N–H and O–H groups in total. The SMILES string of the molecule is O=C1C2(CCCCC2)c2cc3ccc4cc5ccccc5cc4c3nc2C12CCCCC2. The lowest BCUT2D eigenvalue weighted by atomic mass is 9.64. The van der Waals surface area contributed by atoms with Crippen molar-refractivity contribution in [2.24, 2.45) is 0 Å². The number of Topliss-reactive ketones (excluding diaryl/α,β-unsaturated/α-hetero) is 1. The number of benzene rings is 3. The molecule has 0 atom stereocenters. The van der Waals surface area contributed by atoms with E-state index in [1.807, 2.05) is 0 Å². The van der Waals surface area contributed by atoms with Gasteiger partial charge >= 0.3 is 0 Å². The van der Waals surface area contributed by atoms with Gasteiger partial charge in [-0.1, -0.05) is 74.9 Å². The zero-order valence-corrected chi connectivity index (χ0v) is 18.6. The maximum absolute atomic E-state index is 14.3. The third-order valence-corrected chi connectivity index (χ3v) is 8.92. The van der Waals surface area contributed by atoms with Gasteiger partial charge in [0, 0.05) is 10.8 Å². The first kappa shape index (κ1) is 18.8. The fraction of sp³-hybridized carbons (Fsp3) is 0.400. The van der Waals surface area contributed by atoms with Crippen LogP contribution in [0.3, 0.4) is 0 Å². The van der Waals surface area contributed by atoms with Crippen LogP contribution in [0, 0.1) is 0 Å². The highest BCUT2D eigenvalue weighted by molar-refractivity contribution is 6.12. The monoisotopic (exact) mass is 419 g/mol. The molecule has 7 rings (SSSR count). The van der Waals surface area contributed by atoms with Crippen LogP contribution in [0.2, 0.25) is 0 Å². The molecule has 32 heavy (non-hydrogen) atoms. The van der Waals surface area contributed by atoms with Gasteiger partial charge in [0.2, 0.25) is 0 Å². The Bertz CT molecular complexity index is 1400. The van der Waals surface area contributed by atoms with Gasteiger partial charge < -0.3 is 0 Å². The lowest BCUT2D eigenvalue weighted by Crippen LogP contribution is -2.44. The molecule has 3 aromatic carbocycles. The molecule has 2 fully saturated rings. The summed E-state index contributed by atoms with van der Waals surface area (Å²) in [4.78, 5) is 19.7. The van der Waals surface area contributed by atoms with Gasteiger partial charge in [-0.3, -0.25) is 9.78 Å². The first-order valence-corrected chi connectivity index (χ1v) is 12.5. The predicted molar refractivity (Wildman–Crippen MR) is 131 cm³/mol. The fourth-order valence-electron chi connectivity index (χ4n) is 7.34. The Kier molecular flexibility index (Phi) is 3.90. The molecule has 0 unspecified atom stereocenters. The van der Waals surface area contributed by atoms with E-state index in [-0.39, 0.29) is 10.8 Å². The minimum absolute atomic E-state index is 0.273. The average molecular weight is 420 g/mol. The Morgan fingerprint density at radius 3 is 1.97 bits per heavy atom. The topological polar surface area (TPSA) is 30.0 Å². The van der Waals surface area contributed by atoms with Crippen LogP contribution >= 0.6 is 0 Å². The smallest absolute Gasteiger partial charge is 0.155 e. The Morgan fingerprint density at radius 1 is 0.625 bits per heavy atom. The lowest BCUT2D eigenvalue weighted by Gasteiger charge is -2.37. The first-order chi connectivity index (χ1) is 15.7. The zero-order chi connectivity index (χ0) is 21.3. The number of hydrogen-bond acceptors (Lipinski definition) is 2. The maximum Gasteiger partial charge on any atom is 0.155 e. The van der Waals surface area contributed by atoms with E-state index in [0.717, 1.165) is 49.7 Å². The largest absolute Gasteiger partial charge is 0.298 e. The van der Waals surface area contributed by atoms with Crippen molar-refractivity contribution in [3.05, 3.63) is 65.9 Å². The highest BCUT2D eigenvalue weighted by atomic mass is 16.1. The molecule has 1 aromatic heterocycles. The number of aromatic nitrogens is 1. The molecule has 4 aromatic rings. The standard InChI is InChI=1S/C30H29NO/c32-28-29(13-5-1-6-14-29)25-19-23-12-11-22-17-20-9-3-4-10-21(20)18-24(22)26(23)31-27(25)30(28)15-7-2-8-16-30/h3-4,9-12,17-19H,1-2,5-8,13-16H2.